The van der Waals surface area contributed by atoms with Crippen LogP contribution >= 0.6 is 0 Å². The van der Waals surface area contributed by atoms with Gasteiger partial charge in [0.15, 0.2) is 0 Å². The molecule has 0 aliphatic heterocycles. The average molecular weight is 266 g/mol. The maximum atomic E-state index is 13.7. The number of nitrogens with one attached hydrogen (secondary N) is 1. The fourth-order valence-electron chi connectivity index (χ4n) is 1.84. The Hall–Kier alpha value is -1.42. The summed E-state index contributed by atoms with van der Waals surface area (Å²) in [5.74, 6) is -0.229. The molecule has 0 radical (unpaired) electrons. The number of hydrogen-bond acceptors (Lipinski definition) is 2. The van der Waals surface area contributed by atoms with E-state index >= 15 is 0 Å². The van der Waals surface area contributed by atoms with Gasteiger partial charge in [-0.1, -0.05) is 32.0 Å². The molecule has 0 spiro atoms. The average Bonchev–Trinajstić information content (AvgIpc) is 2.34. The van der Waals surface area contributed by atoms with E-state index in [2.05, 4.69) is 5.32 Å². The van der Waals surface area contributed by atoms with Crippen LogP contribution in [0.1, 0.15) is 25.8 Å². The third kappa shape index (κ3) is 4.99. The quantitative estimate of drug-likeness (QED) is 0.856. The molecule has 0 atom stereocenters. The Kier molecular flexibility index (Phi) is 5.48. The van der Waals surface area contributed by atoms with E-state index in [0.29, 0.717) is 25.1 Å². The van der Waals surface area contributed by atoms with Crippen molar-refractivity contribution in [1.82, 2.24) is 10.2 Å². The third-order valence-corrected chi connectivity index (χ3v) is 3.12. The Morgan fingerprint density at radius 1 is 1.32 bits per heavy atom. The lowest BCUT2D eigenvalue weighted by molar-refractivity contribution is -0.121. The van der Waals surface area contributed by atoms with E-state index in [-0.39, 0.29) is 11.7 Å². The molecule has 0 unspecified atom stereocenters. The monoisotopic (exact) mass is 266 g/mol. The molecule has 0 aliphatic carbocycles. The van der Waals surface area contributed by atoms with Gasteiger partial charge in [-0.25, -0.2) is 4.39 Å². The zero-order valence-electron chi connectivity index (χ0n) is 12.2. The number of halogens is 1. The van der Waals surface area contributed by atoms with Crippen molar-refractivity contribution >= 4 is 5.91 Å². The fourth-order valence-corrected chi connectivity index (χ4v) is 1.84. The van der Waals surface area contributed by atoms with Crippen LogP contribution in [0.5, 0.6) is 0 Å². The van der Waals surface area contributed by atoms with Gasteiger partial charge in [-0.15, -0.1) is 0 Å². The van der Waals surface area contributed by atoms with Crippen molar-refractivity contribution < 1.29 is 9.18 Å². The summed E-state index contributed by atoms with van der Waals surface area (Å²) >= 11 is 0. The molecular formula is C15H23FN2O. The summed E-state index contributed by atoms with van der Waals surface area (Å²) in [7, 11) is 3.85. The van der Waals surface area contributed by atoms with Crippen LogP contribution in [0.15, 0.2) is 24.3 Å². The SMILES string of the molecule is CN(C)CCC(=O)NCC(C)(C)c1ccccc1F. The lowest BCUT2D eigenvalue weighted by atomic mass is 9.84. The summed E-state index contributed by atoms with van der Waals surface area (Å²) in [5.41, 5.74) is 0.210. The number of rotatable bonds is 6. The molecule has 1 aromatic rings. The van der Waals surface area contributed by atoms with Crippen LogP contribution < -0.4 is 5.32 Å². The number of benzene rings is 1. The Morgan fingerprint density at radius 3 is 2.53 bits per heavy atom. The van der Waals surface area contributed by atoms with Gasteiger partial charge in [0.05, 0.1) is 0 Å². The van der Waals surface area contributed by atoms with Gasteiger partial charge in [0, 0.05) is 24.9 Å². The van der Waals surface area contributed by atoms with Crippen LogP contribution in [-0.2, 0) is 10.2 Å². The van der Waals surface area contributed by atoms with Gasteiger partial charge < -0.3 is 10.2 Å². The van der Waals surface area contributed by atoms with Crippen molar-refractivity contribution in [2.24, 2.45) is 0 Å². The molecule has 19 heavy (non-hydrogen) atoms. The Bertz CT molecular complexity index is 430. The normalized spacial score (nSPS) is 11.7. The molecule has 0 fully saturated rings. The molecule has 1 aromatic carbocycles. The molecule has 3 nitrogen and oxygen atoms in total. The third-order valence-electron chi connectivity index (χ3n) is 3.12. The smallest absolute Gasteiger partial charge is 0.221 e. The summed E-state index contributed by atoms with van der Waals surface area (Å²) < 4.78 is 13.7. The second-order valence-corrected chi connectivity index (χ2v) is 5.69. The van der Waals surface area contributed by atoms with Crippen molar-refractivity contribution in [1.29, 1.82) is 0 Å². The highest BCUT2D eigenvalue weighted by Gasteiger charge is 2.24. The fraction of sp³-hybridized carbons (Fsp3) is 0.533. The molecule has 0 bridgehead atoms. The van der Waals surface area contributed by atoms with Gasteiger partial charge in [-0.05, 0) is 25.7 Å². The van der Waals surface area contributed by atoms with Crippen molar-refractivity contribution in [2.45, 2.75) is 25.7 Å². The van der Waals surface area contributed by atoms with E-state index in [0.717, 1.165) is 0 Å². The zero-order chi connectivity index (χ0) is 14.5. The van der Waals surface area contributed by atoms with Gasteiger partial charge >= 0.3 is 0 Å². The maximum absolute atomic E-state index is 13.7. The van der Waals surface area contributed by atoms with E-state index in [9.17, 15) is 9.18 Å². The molecule has 0 saturated heterocycles. The molecule has 0 saturated carbocycles. The number of carbonyl (C=O) groups excluding carboxylic acids is 1. The molecule has 1 rings (SSSR count). The van der Waals surface area contributed by atoms with Gasteiger partial charge in [0.25, 0.3) is 0 Å². The first-order chi connectivity index (χ1) is 8.83. The molecule has 106 valence electrons. The molecule has 1 amide bonds. The van der Waals surface area contributed by atoms with Gasteiger partial charge in [0.1, 0.15) is 5.82 Å². The largest absolute Gasteiger partial charge is 0.355 e. The van der Waals surface area contributed by atoms with Crippen molar-refractivity contribution in [2.75, 3.05) is 27.2 Å². The number of amides is 1. The molecule has 0 aromatic heterocycles. The summed E-state index contributed by atoms with van der Waals surface area (Å²) in [6.07, 6.45) is 0.459. The van der Waals surface area contributed by atoms with Crippen LogP contribution in [-0.4, -0.2) is 38.0 Å². The predicted octanol–water partition coefficient (Wildman–Crippen LogP) is 2.17. The van der Waals surface area contributed by atoms with Crippen molar-refractivity contribution in [3.63, 3.8) is 0 Å². The molecule has 4 heteroatoms. The number of carbonyl (C=O) groups is 1. The van der Waals surface area contributed by atoms with E-state index in [1.54, 1.807) is 12.1 Å². The highest BCUT2D eigenvalue weighted by Crippen LogP contribution is 2.24. The molecule has 0 aliphatic rings. The van der Waals surface area contributed by atoms with E-state index < -0.39 is 5.41 Å². The standard InChI is InChI=1S/C15H23FN2O/c1-15(2,12-7-5-6-8-13(12)16)11-17-14(19)9-10-18(3)4/h5-8H,9-11H2,1-4H3,(H,17,19). The van der Waals surface area contributed by atoms with Crippen LogP contribution in [0.25, 0.3) is 0 Å². The van der Waals surface area contributed by atoms with Gasteiger partial charge in [-0.2, -0.15) is 0 Å². The van der Waals surface area contributed by atoms with E-state index in [1.165, 1.54) is 6.07 Å². The Labute approximate surface area is 114 Å². The first-order valence-electron chi connectivity index (χ1n) is 6.49. The van der Waals surface area contributed by atoms with Gasteiger partial charge in [-0.3, -0.25) is 4.79 Å². The highest BCUT2D eigenvalue weighted by atomic mass is 19.1. The summed E-state index contributed by atoms with van der Waals surface area (Å²) in [6, 6.07) is 6.70. The minimum absolute atomic E-state index is 0.00175. The van der Waals surface area contributed by atoms with E-state index in [1.807, 2.05) is 38.9 Å². The Balaban J connectivity index is 2.56. The Morgan fingerprint density at radius 2 is 1.95 bits per heavy atom. The van der Waals surface area contributed by atoms with E-state index in [4.69, 9.17) is 0 Å². The first kappa shape index (κ1) is 15.6. The van der Waals surface area contributed by atoms with Crippen LogP contribution in [0.3, 0.4) is 0 Å². The van der Waals surface area contributed by atoms with Crippen LogP contribution in [0.2, 0.25) is 0 Å². The second-order valence-electron chi connectivity index (χ2n) is 5.69. The predicted molar refractivity (Wildman–Crippen MR) is 75.6 cm³/mol. The van der Waals surface area contributed by atoms with Crippen molar-refractivity contribution in [3.05, 3.63) is 35.6 Å². The molecule has 0 heterocycles. The maximum Gasteiger partial charge on any atom is 0.221 e. The number of nitrogens with zero attached hydrogens (tertiary/aromatic N) is 1. The molecule has 1 N–H and O–H groups in total. The van der Waals surface area contributed by atoms with Gasteiger partial charge in [0.2, 0.25) is 5.91 Å². The number of hydrogen-bond donors (Lipinski definition) is 1. The molecular weight excluding hydrogens is 243 g/mol. The van der Waals surface area contributed by atoms with Crippen molar-refractivity contribution in [3.8, 4) is 0 Å². The summed E-state index contributed by atoms with van der Waals surface area (Å²) in [5, 5.41) is 2.87. The topological polar surface area (TPSA) is 32.3 Å². The minimum atomic E-state index is -0.418. The second kappa shape index (κ2) is 6.66. The summed E-state index contributed by atoms with van der Waals surface area (Å²) in [6.45, 7) is 5.00. The summed E-state index contributed by atoms with van der Waals surface area (Å²) in [4.78, 5) is 13.6. The lowest BCUT2D eigenvalue weighted by Crippen LogP contribution is -2.38. The van der Waals surface area contributed by atoms with Crippen LogP contribution in [0.4, 0.5) is 4.39 Å². The zero-order valence-corrected chi connectivity index (χ0v) is 12.2. The lowest BCUT2D eigenvalue weighted by Gasteiger charge is -2.26. The minimum Gasteiger partial charge on any atom is -0.355 e. The first-order valence-corrected chi connectivity index (χ1v) is 6.49. The van der Waals surface area contributed by atoms with Crippen LogP contribution in [0, 0.1) is 5.82 Å². The highest BCUT2D eigenvalue weighted by molar-refractivity contribution is 5.76.